The van der Waals surface area contributed by atoms with Gasteiger partial charge >= 0.3 is 0 Å². The van der Waals surface area contributed by atoms with E-state index in [1.165, 1.54) is 20.2 Å². The van der Waals surface area contributed by atoms with E-state index in [2.05, 4.69) is 15.9 Å². The predicted octanol–water partition coefficient (Wildman–Crippen LogP) is 2.27. The molecule has 0 aliphatic heterocycles. The molecule has 0 aliphatic rings. The van der Waals surface area contributed by atoms with Crippen LogP contribution >= 0.6 is 15.9 Å². The number of nitrogens with zero attached hydrogens (tertiary/aromatic N) is 1. The average molecular weight is 300 g/mol. The Labute approximate surface area is 109 Å². The van der Waals surface area contributed by atoms with Crippen LogP contribution in [0.5, 0.6) is 5.75 Å². The number of carbonyl (C=O) groups excluding carboxylic acids is 1. The van der Waals surface area contributed by atoms with Crippen LogP contribution in [0, 0.1) is 0 Å². The molecule has 0 aliphatic carbocycles. The van der Waals surface area contributed by atoms with Gasteiger partial charge in [-0.1, -0.05) is 18.2 Å². The molecule has 1 N–H and O–H groups in total. The minimum atomic E-state index is -0.248. The summed E-state index contributed by atoms with van der Waals surface area (Å²) < 4.78 is 0.642. The van der Waals surface area contributed by atoms with Crippen molar-refractivity contribution in [1.82, 2.24) is 5.06 Å². The van der Waals surface area contributed by atoms with Gasteiger partial charge in [0.25, 0.3) is 5.91 Å². The quantitative estimate of drug-likeness (QED) is 0.685. The zero-order chi connectivity index (χ0) is 12.8. The number of likely N-dealkylation sites (N-methyl/N-ethyl adjacent to an activating group) is 1. The van der Waals surface area contributed by atoms with Crippen molar-refractivity contribution in [3.63, 3.8) is 0 Å². The molecule has 1 rings (SSSR count). The molecule has 0 saturated heterocycles. The highest BCUT2D eigenvalue weighted by atomic mass is 79.9. The Morgan fingerprint density at radius 3 is 2.94 bits per heavy atom. The first kappa shape index (κ1) is 13.7. The number of phenolic OH excluding ortho intramolecular Hbond substituents is 1. The van der Waals surface area contributed by atoms with Gasteiger partial charge in [-0.15, -0.1) is 0 Å². The molecule has 1 amide bonds. The first-order valence-electron chi connectivity index (χ1n) is 5.01. The number of para-hydroxylation sites is 1. The molecule has 0 unspecified atom stereocenters. The summed E-state index contributed by atoms with van der Waals surface area (Å²) in [4.78, 5) is 16.1. The van der Waals surface area contributed by atoms with Crippen LogP contribution in [-0.2, 0) is 16.1 Å². The Kier molecular flexibility index (Phi) is 5.18. The van der Waals surface area contributed by atoms with E-state index in [1.807, 2.05) is 6.07 Å². The van der Waals surface area contributed by atoms with E-state index in [0.717, 1.165) is 10.6 Å². The normalized spacial score (nSPS) is 10.8. The Hall–Kier alpha value is -1.33. The van der Waals surface area contributed by atoms with Gasteiger partial charge < -0.3 is 5.11 Å². The van der Waals surface area contributed by atoms with Crippen LogP contribution in [0.4, 0.5) is 0 Å². The lowest BCUT2D eigenvalue weighted by Gasteiger charge is -2.10. The minimum Gasteiger partial charge on any atom is -0.506 e. The highest BCUT2D eigenvalue weighted by molar-refractivity contribution is 9.10. The molecule has 92 valence electrons. The molecule has 4 nitrogen and oxygen atoms in total. The van der Waals surface area contributed by atoms with Crippen LogP contribution in [0.25, 0.3) is 0 Å². The summed E-state index contributed by atoms with van der Waals surface area (Å²) in [6.45, 7) is 0. The van der Waals surface area contributed by atoms with Crippen LogP contribution in [-0.4, -0.2) is 30.2 Å². The standard InChI is InChI=1S/C12H14BrNO3/c1-14(17-2)11(15)8-4-6-9-5-3-7-10(13)12(9)16/h3-5,7-8,16H,6H2,1-2H3/b8-4+. The maximum Gasteiger partial charge on any atom is 0.269 e. The predicted molar refractivity (Wildman–Crippen MR) is 68.4 cm³/mol. The fourth-order valence-corrected chi connectivity index (χ4v) is 1.61. The topological polar surface area (TPSA) is 49.8 Å². The smallest absolute Gasteiger partial charge is 0.269 e. The fraction of sp³-hybridized carbons (Fsp3) is 0.250. The number of aromatic hydroxyl groups is 1. The van der Waals surface area contributed by atoms with Gasteiger partial charge in [-0.3, -0.25) is 9.63 Å². The number of phenols is 1. The molecule has 0 heterocycles. The van der Waals surface area contributed by atoms with E-state index in [9.17, 15) is 9.90 Å². The minimum absolute atomic E-state index is 0.199. The summed E-state index contributed by atoms with van der Waals surface area (Å²) in [5, 5.41) is 10.8. The lowest BCUT2D eigenvalue weighted by atomic mass is 10.1. The molecule has 0 aromatic heterocycles. The highest BCUT2D eigenvalue weighted by Crippen LogP contribution is 2.27. The van der Waals surface area contributed by atoms with Crippen molar-refractivity contribution >= 4 is 21.8 Å². The van der Waals surface area contributed by atoms with Gasteiger partial charge in [-0.2, -0.15) is 0 Å². The molecule has 0 radical (unpaired) electrons. The molecular formula is C12H14BrNO3. The second kappa shape index (κ2) is 6.42. The van der Waals surface area contributed by atoms with Crippen LogP contribution < -0.4 is 0 Å². The van der Waals surface area contributed by atoms with Crippen molar-refractivity contribution in [2.75, 3.05) is 14.2 Å². The molecule has 5 heteroatoms. The first-order valence-corrected chi connectivity index (χ1v) is 5.80. The largest absolute Gasteiger partial charge is 0.506 e. The van der Waals surface area contributed by atoms with Gasteiger partial charge in [0, 0.05) is 13.1 Å². The van der Waals surface area contributed by atoms with E-state index in [4.69, 9.17) is 4.84 Å². The van der Waals surface area contributed by atoms with Crippen LogP contribution in [0.3, 0.4) is 0 Å². The van der Waals surface area contributed by atoms with Gasteiger partial charge in [0.15, 0.2) is 0 Å². The summed E-state index contributed by atoms with van der Waals surface area (Å²) in [7, 11) is 2.95. The Bertz CT molecular complexity index is 432. The van der Waals surface area contributed by atoms with Crippen molar-refractivity contribution in [3.8, 4) is 5.75 Å². The number of hydroxylamine groups is 2. The number of carbonyl (C=O) groups is 1. The second-order valence-corrected chi connectivity index (χ2v) is 4.23. The molecular weight excluding hydrogens is 286 g/mol. The van der Waals surface area contributed by atoms with E-state index in [0.29, 0.717) is 10.9 Å². The maximum atomic E-state index is 11.4. The van der Waals surface area contributed by atoms with Gasteiger partial charge in [-0.25, -0.2) is 5.06 Å². The van der Waals surface area contributed by atoms with E-state index in [1.54, 1.807) is 18.2 Å². The van der Waals surface area contributed by atoms with Crippen molar-refractivity contribution in [3.05, 3.63) is 40.4 Å². The number of hydrogen-bond donors (Lipinski definition) is 1. The molecule has 0 bridgehead atoms. The molecule has 0 spiro atoms. The number of amides is 1. The number of hydrogen-bond acceptors (Lipinski definition) is 3. The summed E-state index contributed by atoms with van der Waals surface area (Å²) in [6.07, 6.45) is 3.57. The monoisotopic (exact) mass is 299 g/mol. The first-order chi connectivity index (χ1) is 8.06. The number of benzene rings is 1. The molecule has 0 saturated carbocycles. The summed E-state index contributed by atoms with van der Waals surface area (Å²) in [5.41, 5.74) is 0.753. The van der Waals surface area contributed by atoms with Crippen LogP contribution in [0.1, 0.15) is 5.56 Å². The van der Waals surface area contributed by atoms with Gasteiger partial charge in [0.2, 0.25) is 0 Å². The lowest BCUT2D eigenvalue weighted by Crippen LogP contribution is -2.23. The van der Waals surface area contributed by atoms with Crippen molar-refractivity contribution < 1.29 is 14.7 Å². The summed E-state index contributed by atoms with van der Waals surface area (Å²) in [6, 6.07) is 5.39. The SMILES string of the molecule is CON(C)C(=O)/C=C/Cc1cccc(Br)c1O. The molecule has 1 aromatic carbocycles. The zero-order valence-electron chi connectivity index (χ0n) is 9.68. The second-order valence-electron chi connectivity index (χ2n) is 3.37. The Morgan fingerprint density at radius 2 is 2.29 bits per heavy atom. The van der Waals surface area contributed by atoms with Crippen LogP contribution in [0.2, 0.25) is 0 Å². The van der Waals surface area contributed by atoms with E-state index in [-0.39, 0.29) is 11.7 Å². The number of rotatable bonds is 4. The number of halogens is 1. The van der Waals surface area contributed by atoms with E-state index >= 15 is 0 Å². The van der Waals surface area contributed by atoms with Crippen LogP contribution in [0.15, 0.2) is 34.8 Å². The fourth-order valence-electron chi connectivity index (χ4n) is 1.21. The summed E-state index contributed by atoms with van der Waals surface area (Å²) in [5.74, 6) is -0.0494. The maximum absolute atomic E-state index is 11.4. The molecule has 0 atom stereocenters. The molecule has 1 aromatic rings. The van der Waals surface area contributed by atoms with Crippen molar-refractivity contribution in [2.45, 2.75) is 6.42 Å². The average Bonchev–Trinajstić information content (AvgIpc) is 2.33. The Morgan fingerprint density at radius 1 is 1.59 bits per heavy atom. The molecule has 0 fully saturated rings. The number of allylic oxidation sites excluding steroid dienone is 1. The van der Waals surface area contributed by atoms with Gasteiger partial charge in [0.1, 0.15) is 5.75 Å². The zero-order valence-corrected chi connectivity index (χ0v) is 11.3. The molecule has 17 heavy (non-hydrogen) atoms. The third-order valence-electron chi connectivity index (χ3n) is 2.25. The highest BCUT2D eigenvalue weighted by Gasteiger charge is 2.04. The summed E-state index contributed by atoms with van der Waals surface area (Å²) >= 11 is 3.23. The van der Waals surface area contributed by atoms with Crippen molar-refractivity contribution in [1.29, 1.82) is 0 Å². The lowest BCUT2D eigenvalue weighted by molar-refractivity contribution is -0.162. The van der Waals surface area contributed by atoms with Gasteiger partial charge in [0.05, 0.1) is 11.6 Å². The third kappa shape index (κ3) is 3.87. The van der Waals surface area contributed by atoms with E-state index < -0.39 is 0 Å². The Balaban J connectivity index is 2.65. The van der Waals surface area contributed by atoms with Gasteiger partial charge in [-0.05, 0) is 34.0 Å². The van der Waals surface area contributed by atoms with Crippen molar-refractivity contribution in [2.24, 2.45) is 0 Å². The third-order valence-corrected chi connectivity index (χ3v) is 2.89.